The molecule has 0 radical (unpaired) electrons. The molecule has 9 heteroatoms. The zero-order chi connectivity index (χ0) is 13.5. The first-order valence-corrected chi connectivity index (χ1v) is 7.79. The van der Waals surface area contributed by atoms with Gasteiger partial charge in [0.1, 0.15) is 5.84 Å². The van der Waals surface area contributed by atoms with Gasteiger partial charge in [-0.05, 0) is 28.4 Å². The van der Waals surface area contributed by atoms with E-state index in [9.17, 15) is 13.2 Å². The predicted molar refractivity (Wildman–Crippen MR) is 68.2 cm³/mol. The van der Waals surface area contributed by atoms with Gasteiger partial charge in [-0.25, -0.2) is 4.18 Å². The number of nitrogens with zero attached hydrogens (tertiary/aromatic N) is 2. The molecule has 1 unspecified atom stereocenters. The Balaban J connectivity index is 2.35. The molecule has 0 saturated carbocycles. The molecule has 1 amide bonds. The van der Waals surface area contributed by atoms with Gasteiger partial charge < -0.3 is 5.43 Å². The van der Waals surface area contributed by atoms with E-state index in [4.69, 9.17) is 4.18 Å². The lowest BCUT2D eigenvalue weighted by Gasteiger charge is -2.24. The van der Waals surface area contributed by atoms with Crippen molar-refractivity contribution in [1.29, 1.82) is 0 Å². The van der Waals surface area contributed by atoms with E-state index in [1.54, 1.807) is 6.92 Å². The van der Waals surface area contributed by atoms with Gasteiger partial charge in [-0.1, -0.05) is 0 Å². The monoisotopic (exact) mass is 337 g/mol. The highest BCUT2D eigenvalue weighted by Gasteiger charge is 2.42. The number of halogens is 1. The van der Waals surface area contributed by atoms with Crippen LogP contribution in [0.3, 0.4) is 0 Å². The summed E-state index contributed by atoms with van der Waals surface area (Å²) >= 11 is 3.14. The average molecular weight is 338 g/mol. The Labute approximate surface area is 113 Å². The minimum absolute atomic E-state index is 0.311. The van der Waals surface area contributed by atoms with Crippen molar-refractivity contribution in [2.24, 2.45) is 5.10 Å². The van der Waals surface area contributed by atoms with Gasteiger partial charge in [-0.3, -0.25) is 9.69 Å². The summed E-state index contributed by atoms with van der Waals surface area (Å²) in [6.07, 6.45) is 0.535. The van der Waals surface area contributed by atoms with Crippen LogP contribution in [0.25, 0.3) is 0 Å². The summed E-state index contributed by atoms with van der Waals surface area (Å²) in [6, 6.07) is 0. The summed E-state index contributed by atoms with van der Waals surface area (Å²) < 4.78 is 27.8. The summed E-state index contributed by atoms with van der Waals surface area (Å²) in [6.45, 7) is 2.25. The second-order valence-electron chi connectivity index (χ2n) is 4.01. The van der Waals surface area contributed by atoms with Gasteiger partial charge in [0.2, 0.25) is 0 Å². The lowest BCUT2D eigenvalue weighted by molar-refractivity contribution is -0.125. The highest BCUT2D eigenvalue weighted by molar-refractivity contribution is 9.12. The largest absolute Gasteiger partial charge is 0.308 e. The molecule has 2 rings (SSSR count). The Morgan fingerprint density at radius 3 is 2.72 bits per heavy atom. The van der Waals surface area contributed by atoms with E-state index < -0.39 is 16.3 Å². The van der Waals surface area contributed by atoms with Crippen LogP contribution >= 0.6 is 15.9 Å². The van der Waals surface area contributed by atoms with Crippen LogP contribution in [0.4, 0.5) is 0 Å². The number of hydrogen-bond acceptors (Lipinski definition) is 6. The molecule has 0 saturated heterocycles. The van der Waals surface area contributed by atoms with Crippen LogP contribution < -0.4 is 5.43 Å². The summed E-state index contributed by atoms with van der Waals surface area (Å²) in [5.41, 5.74) is 3.25. The Morgan fingerprint density at radius 1 is 1.56 bits per heavy atom. The average Bonchev–Trinajstić information content (AvgIpc) is 2.82. The number of nitrogens with one attached hydrogen (secondary N) is 1. The van der Waals surface area contributed by atoms with Crippen molar-refractivity contribution in [3.8, 4) is 0 Å². The standard InChI is InChI=1S/C9H12BrN3O4S/c1-5-7(10)8(14)13(6-3-4-11-12-6)9(5)17-18(2,15)16/h9,11H,3-4H2,1-2H3. The molecule has 0 aromatic carbocycles. The van der Waals surface area contributed by atoms with Crippen LogP contribution in [-0.2, 0) is 19.1 Å². The molecule has 0 aromatic rings. The van der Waals surface area contributed by atoms with E-state index in [-0.39, 0.29) is 5.91 Å². The lowest BCUT2D eigenvalue weighted by Crippen LogP contribution is -2.42. The van der Waals surface area contributed by atoms with Crippen LogP contribution in [0.1, 0.15) is 13.3 Å². The topological polar surface area (TPSA) is 88.1 Å². The molecule has 0 bridgehead atoms. The third-order valence-corrected chi connectivity index (χ3v) is 4.07. The van der Waals surface area contributed by atoms with Crippen molar-refractivity contribution in [3.63, 3.8) is 0 Å². The number of carbonyl (C=O) groups excluding carboxylic acids is 1. The van der Waals surface area contributed by atoms with E-state index in [2.05, 4.69) is 26.5 Å². The fraction of sp³-hybridized carbons (Fsp3) is 0.556. The van der Waals surface area contributed by atoms with E-state index in [0.717, 1.165) is 6.26 Å². The van der Waals surface area contributed by atoms with E-state index >= 15 is 0 Å². The number of rotatable bonds is 2. The molecule has 0 aromatic heterocycles. The van der Waals surface area contributed by atoms with Crippen LogP contribution in [0.15, 0.2) is 15.2 Å². The van der Waals surface area contributed by atoms with Gasteiger partial charge >= 0.3 is 0 Å². The predicted octanol–water partition coefficient (Wildman–Crippen LogP) is 0.107. The van der Waals surface area contributed by atoms with Crippen LogP contribution in [0.5, 0.6) is 0 Å². The number of hydrogen-bond donors (Lipinski definition) is 1. The minimum atomic E-state index is -3.67. The van der Waals surface area contributed by atoms with Crippen molar-refractivity contribution in [3.05, 3.63) is 10.1 Å². The van der Waals surface area contributed by atoms with Crippen LogP contribution in [-0.4, -0.2) is 44.1 Å². The molecule has 2 aliphatic rings. The molecule has 2 heterocycles. The normalized spacial score (nSPS) is 24.6. The summed E-state index contributed by atoms with van der Waals surface area (Å²) in [7, 11) is -3.67. The molecular formula is C9H12BrN3O4S. The number of amidine groups is 1. The second kappa shape index (κ2) is 4.63. The first-order chi connectivity index (χ1) is 8.31. The van der Waals surface area contributed by atoms with Crippen molar-refractivity contribution in [2.45, 2.75) is 19.6 Å². The van der Waals surface area contributed by atoms with Gasteiger partial charge in [0.25, 0.3) is 16.0 Å². The van der Waals surface area contributed by atoms with Gasteiger partial charge in [-0.15, -0.1) is 0 Å². The maximum atomic E-state index is 12.0. The number of carbonyl (C=O) groups is 1. The molecule has 0 spiro atoms. The Morgan fingerprint density at radius 2 is 2.22 bits per heavy atom. The summed E-state index contributed by atoms with van der Waals surface area (Å²) in [4.78, 5) is 13.3. The zero-order valence-corrected chi connectivity index (χ0v) is 12.2. The molecule has 18 heavy (non-hydrogen) atoms. The summed E-state index contributed by atoms with van der Waals surface area (Å²) in [5, 5.41) is 3.97. The molecule has 7 nitrogen and oxygen atoms in total. The van der Waals surface area contributed by atoms with Gasteiger partial charge in [0.15, 0.2) is 6.23 Å². The third-order valence-electron chi connectivity index (χ3n) is 2.57. The van der Waals surface area contributed by atoms with E-state index in [1.807, 2.05) is 0 Å². The molecule has 0 fully saturated rings. The quantitative estimate of drug-likeness (QED) is 0.722. The highest BCUT2D eigenvalue weighted by Crippen LogP contribution is 2.32. The zero-order valence-electron chi connectivity index (χ0n) is 9.81. The Bertz CT molecular complexity index is 554. The fourth-order valence-electron chi connectivity index (χ4n) is 1.76. The molecule has 100 valence electrons. The first-order valence-electron chi connectivity index (χ1n) is 5.19. The Kier molecular flexibility index (Phi) is 3.47. The van der Waals surface area contributed by atoms with Gasteiger partial charge in [-0.2, -0.15) is 13.5 Å². The van der Waals surface area contributed by atoms with Crippen LogP contribution in [0, 0.1) is 0 Å². The van der Waals surface area contributed by atoms with Gasteiger partial charge in [0.05, 0.1) is 10.7 Å². The SMILES string of the molecule is CC1=C(Br)C(=O)N(C2=NNCC2)C1OS(C)(=O)=O. The molecule has 0 aliphatic carbocycles. The van der Waals surface area contributed by atoms with Crippen molar-refractivity contribution in [2.75, 3.05) is 12.8 Å². The highest BCUT2D eigenvalue weighted by atomic mass is 79.9. The maximum Gasteiger partial charge on any atom is 0.268 e. The third kappa shape index (κ3) is 2.43. The van der Waals surface area contributed by atoms with Crippen molar-refractivity contribution < 1.29 is 17.4 Å². The van der Waals surface area contributed by atoms with Crippen LogP contribution in [0.2, 0.25) is 0 Å². The smallest absolute Gasteiger partial charge is 0.268 e. The minimum Gasteiger partial charge on any atom is -0.308 e. The van der Waals surface area contributed by atoms with E-state index in [1.165, 1.54) is 4.90 Å². The second-order valence-corrected chi connectivity index (χ2v) is 6.40. The van der Waals surface area contributed by atoms with E-state index in [0.29, 0.717) is 28.9 Å². The first kappa shape index (κ1) is 13.5. The van der Waals surface area contributed by atoms with Crippen molar-refractivity contribution >= 4 is 37.8 Å². The van der Waals surface area contributed by atoms with Gasteiger partial charge in [0, 0.05) is 13.0 Å². The Hall–Kier alpha value is -0.930. The van der Waals surface area contributed by atoms with Crippen molar-refractivity contribution in [1.82, 2.24) is 10.3 Å². The number of amides is 1. The maximum absolute atomic E-state index is 12.0. The molecular weight excluding hydrogens is 326 g/mol. The lowest BCUT2D eigenvalue weighted by atomic mass is 10.3. The molecule has 1 N–H and O–H groups in total. The summed E-state index contributed by atoms with van der Waals surface area (Å²) in [5.74, 6) is 0.131. The molecule has 2 aliphatic heterocycles. The fourth-order valence-corrected chi connectivity index (χ4v) is 2.71. The molecule has 1 atom stereocenters. The number of hydrazone groups is 1.